The molecule has 2 aromatic rings. The quantitative estimate of drug-likeness (QED) is 0.633. The number of benzene rings is 2. The molecule has 0 radical (unpaired) electrons. The van der Waals surface area contributed by atoms with Crippen molar-refractivity contribution in [2.75, 3.05) is 21.3 Å². The van der Waals surface area contributed by atoms with Gasteiger partial charge in [-0.05, 0) is 46.3 Å². The molecule has 0 spiro atoms. The van der Waals surface area contributed by atoms with E-state index in [0.29, 0.717) is 21.7 Å². The molecule has 0 fully saturated rings. The molecule has 0 aromatic heterocycles. The van der Waals surface area contributed by atoms with Gasteiger partial charge in [-0.2, -0.15) is 0 Å². The Bertz CT molecular complexity index is 895. The van der Waals surface area contributed by atoms with E-state index in [0.717, 1.165) is 0 Å². The van der Waals surface area contributed by atoms with Crippen molar-refractivity contribution in [2.45, 2.75) is 4.90 Å². The van der Waals surface area contributed by atoms with E-state index < -0.39 is 15.9 Å². The number of rotatable bonds is 7. The summed E-state index contributed by atoms with van der Waals surface area (Å²) in [6.45, 7) is 0. The standard InChI is InChI=1S/C16H17BrN2O6S/c1-23-11-6-10(7-12(8-11)24-2)16(20)18-19-26(21,22)13-4-5-15(25-3)14(17)9-13/h4-9,19H,1-3H3,(H,18,20). The van der Waals surface area contributed by atoms with Crippen LogP contribution in [-0.2, 0) is 10.0 Å². The van der Waals surface area contributed by atoms with Gasteiger partial charge in [0.1, 0.15) is 17.2 Å². The fraction of sp³-hybridized carbons (Fsp3) is 0.188. The van der Waals surface area contributed by atoms with Gasteiger partial charge in [0.2, 0.25) is 0 Å². The maximum absolute atomic E-state index is 12.3. The third kappa shape index (κ3) is 4.65. The van der Waals surface area contributed by atoms with Crippen molar-refractivity contribution >= 4 is 31.9 Å². The van der Waals surface area contributed by atoms with Crippen LogP contribution in [0.2, 0.25) is 0 Å². The number of nitrogens with one attached hydrogen (secondary N) is 2. The van der Waals surface area contributed by atoms with Crippen LogP contribution in [0.5, 0.6) is 17.2 Å². The number of ether oxygens (including phenoxy) is 3. The second-order valence-electron chi connectivity index (χ2n) is 4.96. The monoisotopic (exact) mass is 444 g/mol. The van der Waals surface area contributed by atoms with E-state index in [-0.39, 0.29) is 10.5 Å². The Hall–Kier alpha value is -2.30. The third-order valence-electron chi connectivity index (χ3n) is 3.35. The lowest BCUT2D eigenvalue weighted by molar-refractivity contribution is 0.0944. The largest absolute Gasteiger partial charge is 0.497 e. The van der Waals surface area contributed by atoms with Crippen molar-refractivity contribution in [3.63, 3.8) is 0 Å². The molecule has 0 aliphatic rings. The van der Waals surface area contributed by atoms with E-state index in [9.17, 15) is 13.2 Å². The summed E-state index contributed by atoms with van der Waals surface area (Å²) in [4.78, 5) is 14.2. The zero-order valence-electron chi connectivity index (χ0n) is 14.2. The van der Waals surface area contributed by atoms with Gasteiger partial charge < -0.3 is 14.2 Å². The maximum Gasteiger partial charge on any atom is 0.266 e. The fourth-order valence-electron chi connectivity index (χ4n) is 2.00. The first kappa shape index (κ1) is 20.0. The molecule has 0 saturated heterocycles. The van der Waals surface area contributed by atoms with Gasteiger partial charge in [0.05, 0.1) is 30.7 Å². The van der Waals surface area contributed by atoms with Crippen molar-refractivity contribution in [3.05, 3.63) is 46.4 Å². The molecule has 8 nitrogen and oxygen atoms in total. The molecule has 2 rings (SSSR count). The summed E-state index contributed by atoms with van der Waals surface area (Å²) in [5.41, 5.74) is 2.32. The molecule has 10 heteroatoms. The van der Waals surface area contributed by atoms with E-state index in [1.54, 1.807) is 6.07 Å². The van der Waals surface area contributed by atoms with Crippen LogP contribution >= 0.6 is 15.9 Å². The number of halogens is 1. The lowest BCUT2D eigenvalue weighted by Crippen LogP contribution is -2.41. The van der Waals surface area contributed by atoms with E-state index in [4.69, 9.17) is 14.2 Å². The molecular weight excluding hydrogens is 428 g/mol. The molecule has 2 N–H and O–H groups in total. The highest BCUT2D eigenvalue weighted by molar-refractivity contribution is 9.10. The number of hydrogen-bond acceptors (Lipinski definition) is 6. The third-order valence-corrected chi connectivity index (χ3v) is 5.21. The minimum atomic E-state index is -3.97. The van der Waals surface area contributed by atoms with Crippen LogP contribution in [0.1, 0.15) is 10.4 Å². The highest BCUT2D eigenvalue weighted by Crippen LogP contribution is 2.27. The van der Waals surface area contributed by atoms with Crippen LogP contribution in [0.3, 0.4) is 0 Å². The topological polar surface area (TPSA) is 103 Å². The second kappa shape index (κ2) is 8.39. The van der Waals surface area contributed by atoms with Crippen LogP contribution in [0.15, 0.2) is 45.8 Å². The maximum atomic E-state index is 12.3. The Morgan fingerprint density at radius 2 is 1.58 bits per heavy atom. The Labute approximate surface area is 159 Å². The minimum Gasteiger partial charge on any atom is -0.497 e. The first-order chi connectivity index (χ1) is 12.3. The van der Waals surface area contributed by atoms with Gasteiger partial charge in [-0.15, -0.1) is 4.83 Å². The summed E-state index contributed by atoms with van der Waals surface area (Å²) in [5, 5.41) is 0. The lowest BCUT2D eigenvalue weighted by atomic mass is 10.2. The highest BCUT2D eigenvalue weighted by Gasteiger charge is 2.18. The number of methoxy groups -OCH3 is 3. The SMILES string of the molecule is COc1cc(OC)cc(C(=O)NNS(=O)(=O)c2ccc(OC)c(Br)c2)c1. The summed E-state index contributed by atoms with van der Waals surface area (Å²) < 4.78 is 40.3. The predicted octanol–water partition coefficient (Wildman–Crippen LogP) is 2.10. The Kier molecular flexibility index (Phi) is 6.46. The van der Waals surface area contributed by atoms with Crippen molar-refractivity contribution in [3.8, 4) is 17.2 Å². The lowest BCUT2D eigenvalue weighted by Gasteiger charge is -2.11. The van der Waals surface area contributed by atoms with E-state index >= 15 is 0 Å². The summed E-state index contributed by atoms with van der Waals surface area (Å²) in [5.74, 6) is 0.614. The molecule has 0 unspecified atom stereocenters. The summed E-state index contributed by atoms with van der Waals surface area (Å²) >= 11 is 3.22. The van der Waals surface area contributed by atoms with Gasteiger partial charge in [0.15, 0.2) is 0 Å². The minimum absolute atomic E-state index is 0.0475. The van der Waals surface area contributed by atoms with Crippen molar-refractivity contribution < 1.29 is 27.4 Å². The number of amides is 1. The average molecular weight is 445 g/mol. The average Bonchev–Trinajstić information content (AvgIpc) is 2.65. The summed E-state index contributed by atoms with van der Waals surface area (Å²) in [7, 11) is 0.385. The van der Waals surface area contributed by atoms with Gasteiger partial charge in [-0.1, -0.05) is 0 Å². The first-order valence-corrected chi connectivity index (χ1v) is 9.47. The van der Waals surface area contributed by atoms with Crippen LogP contribution in [0.25, 0.3) is 0 Å². The number of hydrazine groups is 1. The number of hydrogen-bond donors (Lipinski definition) is 2. The smallest absolute Gasteiger partial charge is 0.266 e. The molecule has 0 heterocycles. The number of carbonyl (C=O) groups excluding carboxylic acids is 1. The van der Waals surface area contributed by atoms with Gasteiger partial charge in [-0.3, -0.25) is 10.2 Å². The van der Waals surface area contributed by atoms with Crippen LogP contribution in [0.4, 0.5) is 0 Å². The summed E-state index contributed by atoms with van der Waals surface area (Å²) in [6, 6.07) is 8.71. The molecule has 0 saturated carbocycles. The molecule has 0 bridgehead atoms. The summed E-state index contributed by atoms with van der Waals surface area (Å²) in [6.07, 6.45) is 0. The van der Waals surface area contributed by atoms with Gasteiger partial charge in [0, 0.05) is 11.6 Å². The number of carbonyl (C=O) groups is 1. The van der Waals surface area contributed by atoms with E-state index in [1.807, 2.05) is 4.83 Å². The Morgan fingerprint density at radius 1 is 0.962 bits per heavy atom. The molecule has 0 atom stereocenters. The van der Waals surface area contributed by atoms with Gasteiger partial charge in [0.25, 0.3) is 15.9 Å². The first-order valence-electron chi connectivity index (χ1n) is 7.19. The molecule has 140 valence electrons. The Balaban J connectivity index is 2.16. The van der Waals surface area contributed by atoms with Gasteiger partial charge >= 0.3 is 0 Å². The molecule has 1 amide bonds. The zero-order chi connectivity index (χ0) is 19.3. The Morgan fingerprint density at radius 3 is 2.08 bits per heavy atom. The second-order valence-corrected chi connectivity index (χ2v) is 7.49. The van der Waals surface area contributed by atoms with Gasteiger partial charge in [-0.25, -0.2) is 8.42 Å². The van der Waals surface area contributed by atoms with E-state index in [1.165, 1.54) is 51.7 Å². The normalized spacial score (nSPS) is 10.9. The molecular formula is C16H17BrN2O6S. The van der Waals surface area contributed by atoms with E-state index in [2.05, 4.69) is 21.4 Å². The number of sulfonamides is 1. The van der Waals surface area contributed by atoms with Crippen LogP contribution in [0, 0.1) is 0 Å². The van der Waals surface area contributed by atoms with Crippen molar-refractivity contribution in [1.82, 2.24) is 10.3 Å². The molecule has 26 heavy (non-hydrogen) atoms. The van der Waals surface area contributed by atoms with Crippen LogP contribution < -0.4 is 24.5 Å². The molecule has 0 aliphatic heterocycles. The van der Waals surface area contributed by atoms with Crippen molar-refractivity contribution in [1.29, 1.82) is 0 Å². The molecule has 0 aliphatic carbocycles. The fourth-order valence-corrected chi connectivity index (χ4v) is 3.55. The van der Waals surface area contributed by atoms with Crippen molar-refractivity contribution in [2.24, 2.45) is 0 Å². The molecule has 2 aromatic carbocycles. The highest BCUT2D eigenvalue weighted by atomic mass is 79.9. The predicted molar refractivity (Wildman–Crippen MR) is 98.0 cm³/mol. The van der Waals surface area contributed by atoms with Crippen LogP contribution in [-0.4, -0.2) is 35.7 Å². The zero-order valence-corrected chi connectivity index (χ0v) is 16.6.